The summed E-state index contributed by atoms with van der Waals surface area (Å²) in [6.45, 7) is 1.42. The number of amides is 3. The second kappa shape index (κ2) is 8.98. The van der Waals surface area contributed by atoms with Crippen LogP contribution in [0.25, 0.3) is 0 Å². The minimum atomic E-state index is -1.06. The molecule has 1 atom stereocenters. The predicted octanol–water partition coefficient (Wildman–Crippen LogP) is 2.56. The molecule has 24 heavy (non-hydrogen) atoms. The van der Waals surface area contributed by atoms with Gasteiger partial charge in [-0.1, -0.05) is 12.1 Å². The highest BCUT2D eigenvalue weighted by molar-refractivity contribution is 8.16. The normalized spacial score (nSPS) is 16.1. The molecule has 1 heterocycles. The van der Waals surface area contributed by atoms with Crippen molar-refractivity contribution in [2.75, 3.05) is 18.6 Å². The largest absolute Gasteiger partial charge is 0.449 e. The molecule has 1 saturated heterocycles. The topological polar surface area (TPSA) is 84.5 Å². The number of hydrogen-bond donors (Lipinski definition) is 2. The van der Waals surface area contributed by atoms with E-state index in [4.69, 9.17) is 4.74 Å². The molecule has 2 N–H and O–H groups in total. The average Bonchev–Trinajstić information content (AvgIpc) is 2.62. The van der Waals surface area contributed by atoms with E-state index in [-0.39, 0.29) is 0 Å². The van der Waals surface area contributed by atoms with Gasteiger partial charge in [-0.15, -0.1) is 23.5 Å². The van der Waals surface area contributed by atoms with Crippen LogP contribution >= 0.6 is 23.5 Å². The molecule has 0 bridgehead atoms. The van der Waals surface area contributed by atoms with Gasteiger partial charge in [0.1, 0.15) is 0 Å². The van der Waals surface area contributed by atoms with Gasteiger partial charge in [0, 0.05) is 7.05 Å². The van der Waals surface area contributed by atoms with Crippen molar-refractivity contribution in [3.8, 4) is 0 Å². The van der Waals surface area contributed by atoms with Crippen molar-refractivity contribution in [2.45, 2.75) is 24.0 Å². The monoisotopic (exact) mass is 368 g/mol. The molecule has 1 aliphatic rings. The second-order valence-corrected chi connectivity index (χ2v) is 7.89. The van der Waals surface area contributed by atoms with Crippen molar-refractivity contribution in [2.24, 2.45) is 0 Å². The highest BCUT2D eigenvalue weighted by Crippen LogP contribution is 2.43. The molecule has 0 spiro atoms. The fourth-order valence-electron chi connectivity index (χ4n) is 2.01. The lowest BCUT2D eigenvalue weighted by Gasteiger charge is -2.21. The first-order chi connectivity index (χ1) is 11.5. The van der Waals surface area contributed by atoms with Crippen LogP contribution in [0.15, 0.2) is 24.3 Å². The van der Waals surface area contributed by atoms with Gasteiger partial charge in [-0.25, -0.2) is 9.59 Å². The molecule has 0 aliphatic carbocycles. The molecule has 1 aromatic carbocycles. The lowest BCUT2D eigenvalue weighted by Crippen LogP contribution is -2.43. The van der Waals surface area contributed by atoms with Crippen LogP contribution in [0.2, 0.25) is 0 Å². The zero-order valence-electron chi connectivity index (χ0n) is 13.5. The van der Waals surface area contributed by atoms with Gasteiger partial charge in [0.2, 0.25) is 0 Å². The van der Waals surface area contributed by atoms with E-state index in [0.29, 0.717) is 10.1 Å². The van der Waals surface area contributed by atoms with Crippen molar-refractivity contribution in [3.05, 3.63) is 35.4 Å². The van der Waals surface area contributed by atoms with Crippen LogP contribution in [-0.4, -0.2) is 42.6 Å². The summed E-state index contributed by atoms with van der Waals surface area (Å²) in [5, 5.41) is 4.32. The van der Waals surface area contributed by atoms with Crippen molar-refractivity contribution >= 4 is 41.4 Å². The van der Waals surface area contributed by atoms with Crippen LogP contribution < -0.4 is 10.6 Å². The Morgan fingerprint density at radius 3 is 2.38 bits per heavy atom. The first-order valence-corrected chi connectivity index (χ1v) is 9.67. The number of benzene rings is 1. The van der Waals surface area contributed by atoms with Gasteiger partial charge in [-0.3, -0.25) is 10.1 Å². The van der Waals surface area contributed by atoms with E-state index in [2.05, 4.69) is 10.6 Å². The van der Waals surface area contributed by atoms with Crippen molar-refractivity contribution in [3.63, 3.8) is 0 Å². The Labute approximate surface area is 149 Å². The van der Waals surface area contributed by atoms with E-state index in [1.54, 1.807) is 12.1 Å². The number of hydrogen-bond acceptors (Lipinski definition) is 6. The maximum absolute atomic E-state index is 12.1. The zero-order valence-corrected chi connectivity index (χ0v) is 15.2. The van der Waals surface area contributed by atoms with E-state index in [1.165, 1.54) is 26.0 Å². The molecule has 1 fully saturated rings. The third-order valence-corrected chi connectivity index (χ3v) is 6.38. The molecule has 0 saturated carbocycles. The highest BCUT2D eigenvalue weighted by Gasteiger charge is 2.21. The molecule has 0 unspecified atom stereocenters. The summed E-state index contributed by atoms with van der Waals surface area (Å²) in [6.07, 6.45) is 0.172. The molecule has 6 nitrogen and oxygen atoms in total. The maximum atomic E-state index is 12.1. The molecule has 8 heteroatoms. The fraction of sp³-hybridized carbons (Fsp3) is 0.438. The lowest BCUT2D eigenvalue weighted by atomic mass is 10.1. The number of carbonyl (C=O) groups excluding carboxylic acids is 3. The summed E-state index contributed by atoms with van der Waals surface area (Å²) in [6, 6.07) is 6.60. The standard InChI is InChI=1S/C16H20N2O4S2/c1-10(13(19)18-16(21)17-2)22-14(20)11-4-6-12(7-5-11)15-23-8-3-9-24-15/h4-7,10,15H,3,8-9H2,1-2H3,(H2,17,18,19,21)/t10-/m0/s1. The predicted molar refractivity (Wildman–Crippen MR) is 96.2 cm³/mol. The van der Waals surface area contributed by atoms with E-state index in [1.807, 2.05) is 35.7 Å². The van der Waals surface area contributed by atoms with Crippen LogP contribution in [-0.2, 0) is 9.53 Å². The number of carbonyl (C=O) groups is 3. The van der Waals surface area contributed by atoms with Crippen molar-refractivity contribution in [1.29, 1.82) is 0 Å². The molecular formula is C16H20N2O4S2. The number of thioether (sulfide) groups is 2. The van der Waals surface area contributed by atoms with E-state index in [0.717, 1.165) is 11.5 Å². The van der Waals surface area contributed by atoms with Gasteiger partial charge in [0.05, 0.1) is 10.1 Å². The van der Waals surface area contributed by atoms with E-state index >= 15 is 0 Å². The van der Waals surface area contributed by atoms with Gasteiger partial charge >= 0.3 is 12.0 Å². The summed E-state index contributed by atoms with van der Waals surface area (Å²) in [5.41, 5.74) is 1.55. The molecule has 2 rings (SSSR count). The molecule has 130 valence electrons. The smallest absolute Gasteiger partial charge is 0.338 e. The van der Waals surface area contributed by atoms with E-state index in [9.17, 15) is 14.4 Å². The minimum Gasteiger partial charge on any atom is -0.449 e. The first-order valence-electron chi connectivity index (χ1n) is 7.58. The Morgan fingerprint density at radius 1 is 1.17 bits per heavy atom. The quantitative estimate of drug-likeness (QED) is 0.795. The van der Waals surface area contributed by atoms with Crippen LogP contribution in [0.4, 0.5) is 4.79 Å². The Hall–Kier alpha value is -1.67. The SMILES string of the molecule is CNC(=O)NC(=O)[C@H](C)OC(=O)c1ccc(C2SCCCS2)cc1. The summed E-state index contributed by atoms with van der Waals surface area (Å²) < 4.78 is 5.49. The first kappa shape index (κ1) is 18.7. The number of ether oxygens (including phenoxy) is 1. The minimum absolute atomic E-state index is 0.379. The fourth-order valence-corrected chi connectivity index (χ4v) is 4.91. The van der Waals surface area contributed by atoms with Crippen molar-refractivity contribution < 1.29 is 19.1 Å². The Bertz CT molecular complexity index is 601. The molecular weight excluding hydrogens is 348 g/mol. The van der Waals surface area contributed by atoms with E-state index < -0.39 is 24.0 Å². The summed E-state index contributed by atoms with van der Waals surface area (Å²) >= 11 is 3.82. The van der Waals surface area contributed by atoms with Crippen molar-refractivity contribution in [1.82, 2.24) is 10.6 Å². The highest BCUT2D eigenvalue weighted by atomic mass is 32.2. The number of urea groups is 1. The molecule has 0 aromatic heterocycles. The summed E-state index contributed by atoms with van der Waals surface area (Å²) in [5.74, 6) is 1.04. The molecule has 1 aliphatic heterocycles. The number of rotatable bonds is 4. The molecule has 3 amide bonds. The molecule has 0 radical (unpaired) electrons. The number of esters is 1. The van der Waals surface area contributed by atoms with Gasteiger partial charge in [-0.2, -0.15) is 0 Å². The lowest BCUT2D eigenvalue weighted by molar-refractivity contribution is -0.127. The summed E-state index contributed by atoms with van der Waals surface area (Å²) in [7, 11) is 1.39. The number of nitrogens with one attached hydrogen (secondary N) is 2. The van der Waals surface area contributed by atoms with Crippen LogP contribution in [0.5, 0.6) is 0 Å². The molecule has 1 aromatic rings. The van der Waals surface area contributed by atoms with Gasteiger partial charge in [-0.05, 0) is 42.5 Å². The number of imide groups is 1. The van der Waals surface area contributed by atoms with Gasteiger partial charge in [0.25, 0.3) is 5.91 Å². The third kappa shape index (κ3) is 5.17. The maximum Gasteiger partial charge on any atom is 0.338 e. The zero-order chi connectivity index (χ0) is 17.5. The Morgan fingerprint density at radius 2 is 1.79 bits per heavy atom. The Balaban J connectivity index is 1.92. The summed E-state index contributed by atoms with van der Waals surface area (Å²) in [4.78, 5) is 34.9. The average molecular weight is 368 g/mol. The van der Waals surface area contributed by atoms with Gasteiger partial charge < -0.3 is 10.1 Å². The third-order valence-electron chi connectivity index (χ3n) is 3.36. The van der Waals surface area contributed by atoms with Gasteiger partial charge in [0.15, 0.2) is 6.10 Å². The van der Waals surface area contributed by atoms with Crippen LogP contribution in [0, 0.1) is 0 Å². The van der Waals surface area contributed by atoms with Crippen LogP contribution in [0.3, 0.4) is 0 Å². The van der Waals surface area contributed by atoms with Crippen LogP contribution in [0.1, 0.15) is 33.8 Å². The second-order valence-electron chi connectivity index (χ2n) is 5.16. The Kier molecular flexibility index (Phi) is 6.99.